The first kappa shape index (κ1) is 19.4. The van der Waals surface area contributed by atoms with E-state index in [-0.39, 0.29) is 22.9 Å². The van der Waals surface area contributed by atoms with Gasteiger partial charge in [0, 0.05) is 26.2 Å². The second-order valence-corrected chi connectivity index (χ2v) is 8.60. The second kappa shape index (κ2) is 8.44. The predicted molar refractivity (Wildman–Crippen MR) is 94.6 cm³/mol. The molecule has 25 heavy (non-hydrogen) atoms. The number of benzene rings is 1. The maximum Gasteiger partial charge on any atom is 0.251 e. The summed E-state index contributed by atoms with van der Waals surface area (Å²) in [5, 5.41) is 5.35. The smallest absolute Gasteiger partial charge is 0.251 e. The summed E-state index contributed by atoms with van der Waals surface area (Å²) >= 11 is 0. The number of hydrogen-bond donors (Lipinski definition) is 2. The van der Waals surface area contributed by atoms with Crippen molar-refractivity contribution in [3.05, 3.63) is 29.8 Å². The van der Waals surface area contributed by atoms with Crippen LogP contribution >= 0.6 is 0 Å². The van der Waals surface area contributed by atoms with Crippen LogP contribution in [0.25, 0.3) is 0 Å². The van der Waals surface area contributed by atoms with Crippen LogP contribution in [0.15, 0.2) is 29.2 Å². The van der Waals surface area contributed by atoms with Crippen molar-refractivity contribution in [2.24, 2.45) is 5.92 Å². The van der Waals surface area contributed by atoms with Crippen LogP contribution < -0.4 is 10.6 Å². The van der Waals surface area contributed by atoms with E-state index in [0.717, 1.165) is 17.1 Å². The fourth-order valence-electron chi connectivity index (χ4n) is 2.81. The molecule has 1 fully saturated rings. The number of rotatable bonds is 7. The molecule has 0 unspecified atom stereocenters. The summed E-state index contributed by atoms with van der Waals surface area (Å²) in [4.78, 5) is 24.0. The second-order valence-electron chi connectivity index (χ2n) is 6.45. The number of amides is 2. The van der Waals surface area contributed by atoms with Crippen LogP contribution in [0.5, 0.6) is 0 Å². The molecule has 8 heteroatoms. The third-order valence-corrected chi connectivity index (χ3v) is 6.16. The molecular weight excluding hydrogens is 342 g/mol. The van der Waals surface area contributed by atoms with Gasteiger partial charge in [-0.1, -0.05) is 18.9 Å². The molecule has 0 radical (unpaired) electrons. The van der Waals surface area contributed by atoms with Crippen LogP contribution in [-0.2, 0) is 14.8 Å². The molecule has 0 heterocycles. The Kier molecular flexibility index (Phi) is 6.55. The van der Waals surface area contributed by atoms with Crippen molar-refractivity contribution in [1.82, 2.24) is 14.9 Å². The highest BCUT2D eigenvalue weighted by molar-refractivity contribution is 7.89. The Hall–Kier alpha value is -1.93. The van der Waals surface area contributed by atoms with Crippen LogP contribution in [0.1, 0.15) is 36.0 Å². The molecule has 0 saturated heterocycles. The zero-order valence-corrected chi connectivity index (χ0v) is 15.4. The van der Waals surface area contributed by atoms with Crippen LogP contribution in [0.2, 0.25) is 0 Å². The molecule has 0 atom stereocenters. The molecule has 1 saturated carbocycles. The van der Waals surface area contributed by atoms with Gasteiger partial charge in [0.05, 0.1) is 11.4 Å². The van der Waals surface area contributed by atoms with Crippen molar-refractivity contribution >= 4 is 21.8 Å². The molecule has 138 valence electrons. The Morgan fingerprint density at radius 2 is 1.84 bits per heavy atom. The van der Waals surface area contributed by atoms with Gasteiger partial charge >= 0.3 is 0 Å². The lowest BCUT2D eigenvalue weighted by Crippen LogP contribution is -2.38. The molecule has 7 nitrogen and oxygen atoms in total. The van der Waals surface area contributed by atoms with Crippen molar-refractivity contribution in [3.63, 3.8) is 0 Å². The summed E-state index contributed by atoms with van der Waals surface area (Å²) in [6.07, 6.45) is 4.70. The fourth-order valence-corrected chi connectivity index (χ4v) is 3.75. The molecule has 0 aromatic heterocycles. The number of carbonyl (C=O) groups is 2. The number of sulfonamides is 1. The lowest BCUT2D eigenvalue weighted by molar-refractivity contribution is -0.120. The highest BCUT2D eigenvalue weighted by atomic mass is 32.2. The van der Waals surface area contributed by atoms with E-state index < -0.39 is 15.9 Å². The molecule has 0 bridgehead atoms. The predicted octanol–water partition coefficient (Wildman–Crippen LogP) is 0.973. The van der Waals surface area contributed by atoms with Crippen molar-refractivity contribution in [1.29, 1.82) is 0 Å². The van der Waals surface area contributed by atoms with E-state index in [1.807, 2.05) is 0 Å². The molecule has 2 N–H and O–H groups in total. The van der Waals surface area contributed by atoms with Gasteiger partial charge in [0.2, 0.25) is 15.9 Å². The Morgan fingerprint density at radius 3 is 2.48 bits per heavy atom. The molecule has 2 rings (SSSR count). The minimum atomic E-state index is -3.61. The van der Waals surface area contributed by atoms with Gasteiger partial charge < -0.3 is 10.6 Å². The number of carbonyl (C=O) groups excluding carboxylic acids is 2. The molecule has 1 aliphatic rings. The number of hydrogen-bond acceptors (Lipinski definition) is 4. The first-order chi connectivity index (χ1) is 11.8. The van der Waals surface area contributed by atoms with E-state index >= 15 is 0 Å². The number of nitrogens with one attached hydrogen (secondary N) is 2. The van der Waals surface area contributed by atoms with Crippen molar-refractivity contribution in [3.8, 4) is 0 Å². The van der Waals surface area contributed by atoms with Gasteiger partial charge in [-0.05, 0) is 37.0 Å². The average molecular weight is 367 g/mol. The van der Waals surface area contributed by atoms with Crippen molar-refractivity contribution in [2.45, 2.75) is 30.6 Å². The van der Waals surface area contributed by atoms with Crippen LogP contribution in [-0.4, -0.2) is 51.7 Å². The van der Waals surface area contributed by atoms with Gasteiger partial charge in [0.1, 0.15) is 0 Å². The van der Waals surface area contributed by atoms with Crippen LogP contribution in [0.4, 0.5) is 0 Å². The molecule has 1 aliphatic carbocycles. The largest absolute Gasteiger partial charge is 0.354 e. The summed E-state index contributed by atoms with van der Waals surface area (Å²) in [5.74, 6) is -0.184. The maximum absolute atomic E-state index is 12.2. The van der Waals surface area contributed by atoms with Crippen LogP contribution in [0, 0.1) is 5.92 Å². The Bertz CT molecular complexity index is 725. The van der Waals surface area contributed by atoms with Gasteiger partial charge in [0.15, 0.2) is 0 Å². The lowest BCUT2D eigenvalue weighted by atomic mass is 10.1. The van der Waals surface area contributed by atoms with Gasteiger partial charge in [0.25, 0.3) is 5.91 Å². The lowest BCUT2D eigenvalue weighted by Gasteiger charge is -2.13. The van der Waals surface area contributed by atoms with Gasteiger partial charge in [-0.2, -0.15) is 0 Å². The fraction of sp³-hybridized carbons (Fsp3) is 0.529. The summed E-state index contributed by atoms with van der Waals surface area (Å²) < 4.78 is 25.3. The van der Waals surface area contributed by atoms with Crippen molar-refractivity contribution < 1.29 is 18.0 Å². The van der Waals surface area contributed by atoms with E-state index in [1.165, 1.54) is 51.2 Å². The quantitative estimate of drug-likeness (QED) is 0.751. The van der Waals surface area contributed by atoms with Gasteiger partial charge in [-0.3, -0.25) is 9.59 Å². The molecule has 1 aromatic carbocycles. The zero-order chi connectivity index (χ0) is 18.4. The minimum absolute atomic E-state index is 0.0378. The van der Waals surface area contributed by atoms with Gasteiger partial charge in [-0.25, -0.2) is 12.7 Å². The first-order valence-corrected chi connectivity index (χ1v) is 9.82. The van der Waals surface area contributed by atoms with Gasteiger partial charge in [-0.15, -0.1) is 0 Å². The maximum atomic E-state index is 12.2. The summed E-state index contributed by atoms with van der Waals surface area (Å²) in [6.45, 7) is 0.515. The Morgan fingerprint density at radius 1 is 1.16 bits per heavy atom. The number of nitrogens with zero attached hydrogens (tertiary/aromatic N) is 1. The topological polar surface area (TPSA) is 95.6 Å². The van der Waals surface area contributed by atoms with E-state index in [2.05, 4.69) is 10.6 Å². The van der Waals surface area contributed by atoms with E-state index in [4.69, 9.17) is 0 Å². The molecule has 1 aromatic rings. The van der Waals surface area contributed by atoms with Crippen LogP contribution in [0.3, 0.4) is 0 Å². The SMILES string of the molecule is CN(C)S(=O)(=O)c1cccc(C(=O)NCC(=O)NCC2CCCC2)c1. The molecule has 0 spiro atoms. The van der Waals surface area contributed by atoms with E-state index in [9.17, 15) is 18.0 Å². The average Bonchev–Trinajstić information content (AvgIpc) is 3.11. The molecule has 0 aliphatic heterocycles. The summed E-state index contributed by atoms with van der Waals surface area (Å²) in [6, 6.07) is 5.76. The molecule has 2 amide bonds. The first-order valence-electron chi connectivity index (χ1n) is 8.38. The zero-order valence-electron chi connectivity index (χ0n) is 14.6. The highest BCUT2D eigenvalue weighted by Gasteiger charge is 2.19. The van der Waals surface area contributed by atoms with Crippen molar-refractivity contribution in [2.75, 3.05) is 27.2 Å². The van der Waals surface area contributed by atoms with E-state index in [0.29, 0.717) is 12.5 Å². The Balaban J connectivity index is 1.89. The Labute approximate surface area is 148 Å². The summed E-state index contributed by atoms with van der Waals surface area (Å²) in [5.41, 5.74) is 0.200. The van der Waals surface area contributed by atoms with E-state index in [1.54, 1.807) is 0 Å². The summed E-state index contributed by atoms with van der Waals surface area (Å²) in [7, 11) is -0.754. The standard InChI is InChI=1S/C17H25N3O4S/c1-20(2)25(23,24)15-9-5-8-14(10-15)17(22)19-12-16(21)18-11-13-6-3-4-7-13/h5,8-10,13H,3-4,6-7,11-12H2,1-2H3,(H,18,21)(H,19,22). The highest BCUT2D eigenvalue weighted by Crippen LogP contribution is 2.23. The minimum Gasteiger partial charge on any atom is -0.354 e. The normalized spacial score (nSPS) is 15.3. The third-order valence-electron chi connectivity index (χ3n) is 4.35. The monoisotopic (exact) mass is 367 g/mol. The third kappa shape index (κ3) is 5.27. The molecular formula is C17H25N3O4S.